The van der Waals surface area contributed by atoms with E-state index in [0.717, 1.165) is 30.6 Å². The second-order valence-corrected chi connectivity index (χ2v) is 6.11. The molecule has 0 radical (unpaired) electrons. The number of hydrogen-bond acceptors (Lipinski definition) is 7. The number of nitrogens with zero attached hydrogens (tertiary/aromatic N) is 6. The first kappa shape index (κ1) is 15.4. The number of nitrogen functional groups attached to an aromatic ring is 1. The molecule has 0 aromatic carbocycles. The summed E-state index contributed by atoms with van der Waals surface area (Å²) < 4.78 is 1.67. The zero-order chi connectivity index (χ0) is 17.6. The summed E-state index contributed by atoms with van der Waals surface area (Å²) in [6.45, 7) is 3.90. The van der Waals surface area contributed by atoms with Crippen LogP contribution in [0.15, 0.2) is 12.5 Å². The Kier molecular flexibility index (Phi) is 3.56. The SMILES string of the molecule is CCCCc1nc(-c2nc(N)c3c(n2)NC(=O)C3C)cn2ncnc12. The quantitative estimate of drug-likeness (QED) is 0.739. The van der Waals surface area contributed by atoms with Crippen molar-refractivity contribution in [2.24, 2.45) is 0 Å². The molecule has 3 N–H and O–H groups in total. The number of carbonyl (C=O) groups is 1. The lowest BCUT2D eigenvalue weighted by Crippen LogP contribution is -2.09. The van der Waals surface area contributed by atoms with Crippen LogP contribution < -0.4 is 11.1 Å². The number of amides is 1. The summed E-state index contributed by atoms with van der Waals surface area (Å²) >= 11 is 0. The third-order valence-electron chi connectivity index (χ3n) is 4.37. The summed E-state index contributed by atoms with van der Waals surface area (Å²) in [7, 11) is 0. The average Bonchev–Trinajstić information content (AvgIpc) is 3.17. The Hall–Kier alpha value is -3.10. The first-order valence-electron chi connectivity index (χ1n) is 8.26. The molecule has 0 bridgehead atoms. The Labute approximate surface area is 143 Å². The number of carbonyl (C=O) groups excluding carboxylic acids is 1. The van der Waals surface area contributed by atoms with Crippen LogP contribution in [0.1, 0.15) is 43.9 Å². The van der Waals surface area contributed by atoms with Crippen LogP contribution in [0.5, 0.6) is 0 Å². The molecule has 0 aliphatic carbocycles. The molecule has 25 heavy (non-hydrogen) atoms. The Morgan fingerprint density at radius 1 is 1.32 bits per heavy atom. The van der Waals surface area contributed by atoms with E-state index in [0.29, 0.717) is 28.7 Å². The number of anilines is 2. The average molecular weight is 338 g/mol. The van der Waals surface area contributed by atoms with Crippen LogP contribution in [0.2, 0.25) is 0 Å². The monoisotopic (exact) mass is 338 g/mol. The van der Waals surface area contributed by atoms with Gasteiger partial charge in [-0.05, 0) is 19.8 Å². The molecule has 3 aromatic rings. The van der Waals surface area contributed by atoms with Gasteiger partial charge < -0.3 is 11.1 Å². The molecule has 1 aliphatic heterocycles. The number of nitrogens with two attached hydrogens (primary N) is 1. The highest BCUT2D eigenvalue weighted by Crippen LogP contribution is 2.35. The van der Waals surface area contributed by atoms with E-state index in [2.05, 4.69) is 37.3 Å². The highest BCUT2D eigenvalue weighted by Gasteiger charge is 2.31. The molecule has 4 heterocycles. The maximum absolute atomic E-state index is 11.9. The topological polar surface area (TPSA) is 124 Å². The zero-order valence-electron chi connectivity index (χ0n) is 14.0. The smallest absolute Gasteiger partial charge is 0.233 e. The van der Waals surface area contributed by atoms with Crippen LogP contribution >= 0.6 is 0 Å². The summed E-state index contributed by atoms with van der Waals surface area (Å²) in [6, 6.07) is 0. The molecular weight excluding hydrogens is 320 g/mol. The highest BCUT2D eigenvalue weighted by molar-refractivity contribution is 6.03. The van der Waals surface area contributed by atoms with Gasteiger partial charge in [0.1, 0.15) is 23.7 Å². The minimum Gasteiger partial charge on any atom is -0.383 e. The molecule has 0 spiro atoms. The van der Waals surface area contributed by atoms with Gasteiger partial charge in [0.2, 0.25) is 5.91 Å². The molecule has 1 amide bonds. The molecule has 0 fully saturated rings. The fourth-order valence-corrected chi connectivity index (χ4v) is 2.99. The maximum Gasteiger partial charge on any atom is 0.233 e. The summed E-state index contributed by atoms with van der Waals surface area (Å²) in [5.41, 5.74) is 8.83. The summed E-state index contributed by atoms with van der Waals surface area (Å²) in [5.74, 6) is 0.629. The number of aromatic nitrogens is 6. The van der Waals surface area contributed by atoms with Crippen LogP contribution in [0.3, 0.4) is 0 Å². The van der Waals surface area contributed by atoms with Gasteiger partial charge in [-0.3, -0.25) is 4.79 Å². The molecule has 1 atom stereocenters. The van der Waals surface area contributed by atoms with Crippen molar-refractivity contribution in [3.05, 3.63) is 23.8 Å². The van der Waals surface area contributed by atoms with E-state index in [4.69, 9.17) is 5.73 Å². The van der Waals surface area contributed by atoms with E-state index < -0.39 is 0 Å². The maximum atomic E-state index is 11.9. The zero-order valence-corrected chi connectivity index (χ0v) is 14.0. The minimum atomic E-state index is -0.352. The van der Waals surface area contributed by atoms with E-state index >= 15 is 0 Å². The first-order valence-corrected chi connectivity index (χ1v) is 8.26. The summed E-state index contributed by atoms with van der Waals surface area (Å²) in [4.78, 5) is 29.6. The third kappa shape index (κ3) is 2.48. The van der Waals surface area contributed by atoms with E-state index in [1.54, 1.807) is 17.6 Å². The van der Waals surface area contributed by atoms with Crippen LogP contribution in [0.25, 0.3) is 17.2 Å². The fraction of sp³-hybridized carbons (Fsp3) is 0.375. The van der Waals surface area contributed by atoms with Gasteiger partial charge >= 0.3 is 0 Å². The van der Waals surface area contributed by atoms with Crippen LogP contribution in [0.4, 0.5) is 11.6 Å². The van der Waals surface area contributed by atoms with Crippen molar-refractivity contribution < 1.29 is 4.79 Å². The Morgan fingerprint density at radius 3 is 2.96 bits per heavy atom. The number of rotatable bonds is 4. The van der Waals surface area contributed by atoms with Crippen molar-refractivity contribution in [3.63, 3.8) is 0 Å². The van der Waals surface area contributed by atoms with Gasteiger partial charge in [0.15, 0.2) is 11.5 Å². The van der Waals surface area contributed by atoms with Crippen LogP contribution in [-0.2, 0) is 11.2 Å². The van der Waals surface area contributed by atoms with Crippen LogP contribution in [-0.4, -0.2) is 35.5 Å². The lowest BCUT2D eigenvalue weighted by molar-refractivity contribution is -0.116. The van der Waals surface area contributed by atoms with Gasteiger partial charge in [0.25, 0.3) is 0 Å². The minimum absolute atomic E-state index is 0.128. The second kappa shape index (κ2) is 5.76. The van der Waals surface area contributed by atoms with Gasteiger partial charge in [0.05, 0.1) is 17.8 Å². The van der Waals surface area contributed by atoms with Gasteiger partial charge in [-0.15, -0.1) is 0 Å². The predicted molar refractivity (Wildman–Crippen MR) is 91.9 cm³/mol. The van der Waals surface area contributed by atoms with E-state index in [-0.39, 0.29) is 11.8 Å². The van der Waals surface area contributed by atoms with Crippen molar-refractivity contribution in [1.82, 2.24) is 29.5 Å². The van der Waals surface area contributed by atoms with E-state index in [1.165, 1.54) is 6.33 Å². The van der Waals surface area contributed by atoms with Gasteiger partial charge in [-0.1, -0.05) is 13.3 Å². The molecule has 0 saturated carbocycles. The number of hydrogen-bond donors (Lipinski definition) is 2. The summed E-state index contributed by atoms with van der Waals surface area (Å²) in [6.07, 6.45) is 6.06. The Balaban J connectivity index is 1.84. The number of nitrogens with one attached hydrogen (secondary N) is 1. The Bertz CT molecular complexity index is 980. The third-order valence-corrected chi connectivity index (χ3v) is 4.37. The standard InChI is InChI=1S/C16H18N8O/c1-3-4-5-9-15-18-7-19-24(15)6-10(20-9)13-21-12(17)11-8(2)16(25)23-14(11)22-13/h6-8H,3-5H2,1-2H3,(H3,17,21,22,23,25). The van der Waals surface area contributed by atoms with Crippen molar-refractivity contribution in [1.29, 1.82) is 0 Å². The molecule has 1 unspecified atom stereocenters. The molecule has 4 rings (SSSR count). The highest BCUT2D eigenvalue weighted by atomic mass is 16.2. The van der Waals surface area contributed by atoms with Crippen molar-refractivity contribution >= 4 is 23.2 Å². The van der Waals surface area contributed by atoms with Gasteiger partial charge in [-0.25, -0.2) is 24.5 Å². The number of fused-ring (bicyclic) bond motifs is 2. The van der Waals surface area contributed by atoms with E-state index in [9.17, 15) is 4.79 Å². The summed E-state index contributed by atoms with van der Waals surface area (Å²) in [5, 5.41) is 6.95. The molecule has 0 saturated heterocycles. The van der Waals surface area contributed by atoms with Gasteiger partial charge in [-0.2, -0.15) is 5.10 Å². The van der Waals surface area contributed by atoms with E-state index in [1.807, 2.05) is 0 Å². The molecule has 1 aliphatic rings. The lowest BCUT2D eigenvalue weighted by Gasteiger charge is -2.09. The Morgan fingerprint density at radius 2 is 2.16 bits per heavy atom. The van der Waals surface area contributed by atoms with Crippen molar-refractivity contribution in [2.75, 3.05) is 11.1 Å². The van der Waals surface area contributed by atoms with Crippen molar-refractivity contribution in [2.45, 2.75) is 39.0 Å². The molecule has 128 valence electrons. The molecular formula is C16H18N8O. The molecule has 9 nitrogen and oxygen atoms in total. The number of aryl methyl sites for hydroxylation is 1. The first-order chi connectivity index (χ1) is 12.1. The normalized spacial score (nSPS) is 16.2. The van der Waals surface area contributed by atoms with Crippen molar-refractivity contribution in [3.8, 4) is 11.5 Å². The van der Waals surface area contributed by atoms with Gasteiger partial charge in [0, 0.05) is 5.56 Å². The fourth-order valence-electron chi connectivity index (χ4n) is 2.99. The largest absolute Gasteiger partial charge is 0.383 e. The molecule has 9 heteroatoms. The van der Waals surface area contributed by atoms with Crippen LogP contribution in [0, 0.1) is 0 Å². The lowest BCUT2D eigenvalue weighted by atomic mass is 10.1. The predicted octanol–water partition coefficient (Wildman–Crippen LogP) is 1.56. The number of unbranched alkanes of at least 4 members (excludes halogenated alkanes) is 1. The molecule has 3 aromatic heterocycles. The second-order valence-electron chi connectivity index (χ2n) is 6.11.